The average molecular weight is 617 g/mol. The lowest BCUT2D eigenvalue weighted by Crippen LogP contribution is -2.34. The molecule has 224 valence electrons. The second kappa shape index (κ2) is 12.3. The summed E-state index contributed by atoms with van der Waals surface area (Å²) >= 11 is 0. The van der Waals surface area contributed by atoms with Gasteiger partial charge in [-0.1, -0.05) is 25.1 Å². The van der Waals surface area contributed by atoms with Gasteiger partial charge in [0.1, 0.15) is 17.2 Å². The van der Waals surface area contributed by atoms with E-state index in [-0.39, 0.29) is 30.6 Å². The molecule has 41 heavy (non-hydrogen) atoms. The predicted molar refractivity (Wildman–Crippen MR) is 150 cm³/mol. The van der Waals surface area contributed by atoms with E-state index in [0.29, 0.717) is 29.4 Å². The van der Waals surface area contributed by atoms with Crippen LogP contribution in [0.2, 0.25) is 0 Å². The maximum atomic E-state index is 13.8. The fourth-order valence-corrected chi connectivity index (χ4v) is 5.90. The van der Waals surface area contributed by atoms with Gasteiger partial charge in [-0.05, 0) is 51.0 Å². The number of anilines is 4. The zero-order valence-electron chi connectivity index (χ0n) is 22.8. The van der Waals surface area contributed by atoms with Crippen LogP contribution in [-0.2, 0) is 32.5 Å². The molecule has 3 aromatic rings. The van der Waals surface area contributed by atoms with E-state index in [1.807, 2.05) is 0 Å². The van der Waals surface area contributed by atoms with Crippen LogP contribution >= 0.6 is 7.60 Å². The van der Waals surface area contributed by atoms with E-state index in [9.17, 15) is 35.9 Å². The van der Waals surface area contributed by atoms with Gasteiger partial charge in [0.25, 0.3) is 0 Å². The number of hydrogen-bond donors (Lipinski definition) is 4. The van der Waals surface area contributed by atoms with Gasteiger partial charge in [0.05, 0.1) is 10.9 Å². The minimum atomic E-state index is -4.78. The summed E-state index contributed by atoms with van der Waals surface area (Å²) in [5.41, 5.74) is -0.0478. The number of nitrogens with one attached hydrogen (secondary N) is 2. The third-order valence-electron chi connectivity index (χ3n) is 6.30. The monoisotopic (exact) mass is 616 g/mol. The zero-order valence-corrected chi connectivity index (χ0v) is 24.6. The first kappa shape index (κ1) is 32.3. The maximum absolute atomic E-state index is 13.8. The number of aromatic nitrogens is 3. The molecule has 0 aliphatic heterocycles. The first-order chi connectivity index (χ1) is 19.0. The highest BCUT2D eigenvalue weighted by Gasteiger charge is 2.39. The van der Waals surface area contributed by atoms with Crippen LogP contribution in [0.1, 0.15) is 50.8 Å². The smallest absolute Gasteiger partial charge is 0.365 e. The lowest BCUT2D eigenvalue weighted by molar-refractivity contribution is -0.137. The van der Waals surface area contributed by atoms with Gasteiger partial charge in [-0.15, -0.1) is 0 Å². The van der Waals surface area contributed by atoms with Crippen LogP contribution in [0.3, 0.4) is 0 Å². The third-order valence-corrected chi connectivity index (χ3v) is 10.0. The minimum absolute atomic E-state index is 0.0891. The van der Waals surface area contributed by atoms with Crippen LogP contribution in [0.5, 0.6) is 0 Å². The summed E-state index contributed by atoms with van der Waals surface area (Å²) in [6, 6.07) is 9.09. The van der Waals surface area contributed by atoms with E-state index in [4.69, 9.17) is 0 Å². The van der Waals surface area contributed by atoms with E-state index < -0.39 is 40.3 Å². The van der Waals surface area contributed by atoms with E-state index >= 15 is 0 Å². The van der Waals surface area contributed by atoms with Crippen molar-refractivity contribution in [3.8, 4) is 0 Å². The molecule has 0 saturated carbocycles. The number of alkyl halides is 3. The van der Waals surface area contributed by atoms with Crippen molar-refractivity contribution in [2.24, 2.45) is 0 Å². The lowest BCUT2D eigenvalue weighted by atomic mass is 10.0. The Morgan fingerprint density at radius 2 is 1.71 bits per heavy atom. The van der Waals surface area contributed by atoms with Gasteiger partial charge >= 0.3 is 13.8 Å². The van der Waals surface area contributed by atoms with Gasteiger partial charge in [-0.3, -0.25) is 8.87 Å². The zero-order chi connectivity index (χ0) is 30.6. The Kier molecular flexibility index (Phi) is 9.69. The molecule has 0 fully saturated rings. The molecule has 0 saturated heterocycles. The molecule has 0 atom stereocenters. The predicted octanol–water partition coefficient (Wildman–Crippen LogP) is 5.23. The summed E-state index contributed by atoms with van der Waals surface area (Å²) in [5, 5.41) is 4.00. The second-order valence-corrected chi connectivity index (χ2v) is 13.8. The number of benzene rings is 1. The molecule has 1 aromatic carbocycles. The van der Waals surface area contributed by atoms with Crippen molar-refractivity contribution in [2.75, 3.05) is 27.2 Å². The van der Waals surface area contributed by atoms with E-state index in [2.05, 4.69) is 25.6 Å². The number of halogens is 3. The molecule has 2 aromatic heterocycles. The fraction of sp³-hybridized carbons (Fsp3) is 0.400. The Morgan fingerprint density at radius 3 is 2.27 bits per heavy atom. The number of hydrogen-bond acceptors (Lipinski definition) is 8. The molecule has 16 heteroatoms. The van der Waals surface area contributed by atoms with Crippen LogP contribution in [0.25, 0.3) is 0 Å². The molecule has 0 aliphatic carbocycles. The molecule has 3 rings (SSSR count). The Labute approximate surface area is 236 Å². The molecule has 0 aliphatic rings. The quantitative estimate of drug-likeness (QED) is 0.199. The molecule has 11 nitrogen and oxygen atoms in total. The number of sulfonamides is 1. The van der Waals surface area contributed by atoms with Gasteiger partial charge < -0.3 is 20.4 Å². The normalized spacial score (nSPS) is 12.7. The van der Waals surface area contributed by atoms with Crippen molar-refractivity contribution in [3.63, 3.8) is 0 Å². The van der Waals surface area contributed by atoms with E-state index in [1.165, 1.54) is 44.3 Å². The molecule has 0 amide bonds. The topological polar surface area (TPSA) is 158 Å². The van der Waals surface area contributed by atoms with Crippen molar-refractivity contribution in [3.05, 3.63) is 65.5 Å². The number of nitrogens with zero attached hydrogens (tertiary/aromatic N) is 4. The van der Waals surface area contributed by atoms with Gasteiger partial charge in [0.2, 0.25) is 16.0 Å². The van der Waals surface area contributed by atoms with E-state index in [0.717, 1.165) is 4.31 Å². The van der Waals surface area contributed by atoms with Crippen molar-refractivity contribution < 1.29 is 35.9 Å². The molecular weight excluding hydrogens is 584 g/mol. The largest absolute Gasteiger partial charge is 0.421 e. The Bertz CT molecular complexity index is 1510. The van der Waals surface area contributed by atoms with Crippen molar-refractivity contribution >= 4 is 40.9 Å². The average Bonchev–Trinajstić information content (AvgIpc) is 2.87. The fourth-order valence-electron chi connectivity index (χ4n) is 3.86. The molecule has 4 N–H and O–H groups in total. The van der Waals surface area contributed by atoms with Crippen LogP contribution < -0.4 is 14.9 Å². The van der Waals surface area contributed by atoms with Gasteiger partial charge in [-0.2, -0.15) is 18.2 Å². The highest BCUT2D eigenvalue weighted by molar-refractivity contribution is 7.92. The van der Waals surface area contributed by atoms with Gasteiger partial charge in [0.15, 0.2) is 0 Å². The third kappa shape index (κ3) is 7.53. The summed E-state index contributed by atoms with van der Waals surface area (Å²) in [6.07, 6.45) is -2.37. The SMILES string of the molecule is CCCS(=O)(=O)N(CC)c1ncccc1CNc1nc(Nc2ccc(C(C)(C)P(=O)(O)O)cc2)ncc1C(F)(F)F. The first-order valence-corrected chi connectivity index (χ1v) is 15.8. The highest BCUT2D eigenvalue weighted by atomic mass is 32.2. The molecule has 0 spiro atoms. The van der Waals surface area contributed by atoms with Crippen LogP contribution in [0, 0.1) is 0 Å². The maximum Gasteiger partial charge on any atom is 0.421 e. The van der Waals surface area contributed by atoms with Crippen molar-refractivity contribution in [2.45, 2.75) is 52.0 Å². The summed E-state index contributed by atoms with van der Waals surface area (Å²) in [4.78, 5) is 31.2. The standard InChI is InChI=1S/C25H32F3N6O5PS/c1-5-14-41(38,39)34(6-2)22-17(8-7-13-29-22)15-30-21-20(25(26,27)28)16-31-23(33-21)32-19-11-9-18(10-12-19)24(3,4)40(35,36)37/h7-13,16H,5-6,14-15H2,1-4H3,(H2,35,36,37)(H2,30,31,32,33). The molecule has 0 bridgehead atoms. The second-order valence-electron chi connectivity index (χ2n) is 9.58. The number of pyridine rings is 1. The summed E-state index contributed by atoms with van der Waals surface area (Å²) in [6.45, 7) is 6.05. The van der Waals surface area contributed by atoms with Crippen LogP contribution in [0.15, 0.2) is 48.8 Å². The molecule has 0 radical (unpaired) electrons. The molecular formula is C25H32F3N6O5PS. The first-order valence-electron chi connectivity index (χ1n) is 12.6. The van der Waals surface area contributed by atoms with Crippen molar-refractivity contribution in [1.29, 1.82) is 0 Å². The summed E-state index contributed by atoms with van der Waals surface area (Å²) in [7, 11) is -8.15. The Hall–Kier alpha value is -3.26. The molecule has 0 unspecified atom stereocenters. The minimum Gasteiger partial charge on any atom is -0.365 e. The number of rotatable bonds is 12. The summed E-state index contributed by atoms with van der Waals surface area (Å²) in [5.74, 6) is -0.713. The summed E-state index contributed by atoms with van der Waals surface area (Å²) < 4.78 is 79.8. The lowest BCUT2D eigenvalue weighted by Gasteiger charge is -2.26. The van der Waals surface area contributed by atoms with Crippen LogP contribution in [-0.4, -0.2) is 45.5 Å². The molecule has 2 heterocycles. The van der Waals surface area contributed by atoms with E-state index in [1.54, 1.807) is 26.0 Å². The Balaban J connectivity index is 1.90. The van der Waals surface area contributed by atoms with Gasteiger partial charge in [-0.25, -0.2) is 18.4 Å². The van der Waals surface area contributed by atoms with Crippen LogP contribution in [0.4, 0.5) is 36.4 Å². The highest BCUT2D eigenvalue weighted by Crippen LogP contribution is 2.56. The van der Waals surface area contributed by atoms with Gasteiger partial charge in [0, 0.05) is 36.7 Å². The van der Waals surface area contributed by atoms with Crippen molar-refractivity contribution in [1.82, 2.24) is 15.0 Å². The Morgan fingerprint density at radius 1 is 1.05 bits per heavy atom.